The molecule has 2 N–H and O–H groups in total. The third-order valence-electron chi connectivity index (χ3n) is 3.31. The van der Waals surface area contributed by atoms with Crippen molar-refractivity contribution < 1.29 is 9.90 Å². The van der Waals surface area contributed by atoms with E-state index in [0.717, 1.165) is 33.9 Å². The van der Waals surface area contributed by atoms with E-state index in [0.29, 0.717) is 5.02 Å². The average Bonchev–Trinajstić information content (AvgIpc) is 2.54. The Bertz CT molecular complexity index is 889. The molecular weight excluding hydrogens is 312 g/mol. The van der Waals surface area contributed by atoms with Crippen molar-refractivity contribution in [3.05, 3.63) is 71.4 Å². The van der Waals surface area contributed by atoms with Crippen LogP contribution in [0.3, 0.4) is 0 Å². The van der Waals surface area contributed by atoms with E-state index in [1.807, 2.05) is 48.5 Å². The molecule has 0 spiro atoms. The molecule has 0 aliphatic heterocycles. The van der Waals surface area contributed by atoms with Crippen molar-refractivity contribution in [2.45, 2.75) is 0 Å². The number of nitrogens with zero attached hydrogens (tertiary/aromatic N) is 1. The summed E-state index contributed by atoms with van der Waals surface area (Å²) in [6.07, 6.45) is 4.39. The summed E-state index contributed by atoms with van der Waals surface area (Å²) in [7, 11) is 0. The molecule has 0 fully saturated rings. The van der Waals surface area contributed by atoms with Crippen molar-refractivity contribution in [2.75, 3.05) is 5.32 Å². The highest BCUT2D eigenvalue weighted by Gasteiger charge is 2.03. The third-order valence-corrected chi connectivity index (χ3v) is 3.55. The minimum atomic E-state index is -0.964. The van der Waals surface area contributed by atoms with Crippen LogP contribution in [0, 0.1) is 0 Å². The molecule has 3 aromatic rings. The van der Waals surface area contributed by atoms with Crippen LogP contribution in [0.25, 0.3) is 17.0 Å². The zero-order chi connectivity index (χ0) is 16.2. The van der Waals surface area contributed by atoms with Gasteiger partial charge < -0.3 is 10.4 Å². The van der Waals surface area contributed by atoms with Gasteiger partial charge in [-0.2, -0.15) is 0 Å². The van der Waals surface area contributed by atoms with Crippen LogP contribution in [-0.2, 0) is 4.79 Å². The molecule has 0 saturated carbocycles. The van der Waals surface area contributed by atoms with Gasteiger partial charge >= 0.3 is 5.97 Å². The average molecular weight is 325 g/mol. The summed E-state index contributed by atoms with van der Waals surface area (Å²) in [4.78, 5) is 14.8. The molecule has 0 unspecified atom stereocenters. The summed E-state index contributed by atoms with van der Waals surface area (Å²) in [6, 6.07) is 15.0. The number of halogens is 1. The van der Waals surface area contributed by atoms with Gasteiger partial charge in [0.15, 0.2) is 0 Å². The molecule has 0 aliphatic carbocycles. The second kappa shape index (κ2) is 6.50. The van der Waals surface area contributed by atoms with E-state index < -0.39 is 5.97 Å². The molecular formula is C18H13ClN2O2. The first-order valence-corrected chi connectivity index (χ1v) is 7.32. The van der Waals surface area contributed by atoms with E-state index in [9.17, 15) is 4.79 Å². The largest absolute Gasteiger partial charge is 0.478 e. The van der Waals surface area contributed by atoms with Crippen LogP contribution in [0.15, 0.2) is 60.8 Å². The van der Waals surface area contributed by atoms with Crippen molar-refractivity contribution in [3.63, 3.8) is 0 Å². The highest BCUT2D eigenvalue weighted by molar-refractivity contribution is 6.31. The van der Waals surface area contributed by atoms with Crippen LogP contribution >= 0.6 is 11.6 Å². The van der Waals surface area contributed by atoms with Gasteiger partial charge in [-0.15, -0.1) is 0 Å². The van der Waals surface area contributed by atoms with Gasteiger partial charge in [0, 0.05) is 34.1 Å². The lowest BCUT2D eigenvalue weighted by Crippen LogP contribution is -1.92. The van der Waals surface area contributed by atoms with Gasteiger partial charge in [0.05, 0.1) is 5.52 Å². The summed E-state index contributed by atoms with van der Waals surface area (Å²) in [5.74, 6) is -0.964. The van der Waals surface area contributed by atoms with E-state index in [2.05, 4.69) is 10.3 Å². The Labute approximate surface area is 138 Å². The molecule has 0 bridgehead atoms. The standard InChI is InChI=1S/C18H13ClN2O2/c19-13-4-7-15-16(9-10-20-17(15)11-13)21-14-5-1-12(2-6-14)3-8-18(22)23/h1-11H,(H,20,21)(H,22,23)/b8-3+. The first kappa shape index (κ1) is 15.1. The highest BCUT2D eigenvalue weighted by atomic mass is 35.5. The maximum Gasteiger partial charge on any atom is 0.328 e. The van der Waals surface area contributed by atoms with Crippen molar-refractivity contribution >= 4 is 45.9 Å². The Kier molecular flexibility index (Phi) is 4.26. The second-order valence-corrected chi connectivity index (χ2v) is 5.37. The topological polar surface area (TPSA) is 62.2 Å². The minimum absolute atomic E-state index is 0.650. The van der Waals surface area contributed by atoms with Crippen LogP contribution in [0.2, 0.25) is 5.02 Å². The number of benzene rings is 2. The number of aromatic nitrogens is 1. The van der Waals surface area contributed by atoms with Crippen LogP contribution in [0.5, 0.6) is 0 Å². The van der Waals surface area contributed by atoms with Crippen molar-refractivity contribution in [1.82, 2.24) is 4.98 Å². The molecule has 0 amide bonds. The number of hydrogen-bond donors (Lipinski definition) is 2. The number of pyridine rings is 1. The molecule has 0 aliphatic rings. The molecule has 4 nitrogen and oxygen atoms in total. The fourth-order valence-corrected chi connectivity index (χ4v) is 2.40. The van der Waals surface area contributed by atoms with E-state index in [1.165, 1.54) is 0 Å². The molecule has 0 atom stereocenters. The van der Waals surface area contributed by atoms with Gasteiger partial charge in [0.1, 0.15) is 0 Å². The maximum absolute atomic E-state index is 10.5. The minimum Gasteiger partial charge on any atom is -0.478 e. The number of nitrogens with one attached hydrogen (secondary N) is 1. The molecule has 3 rings (SSSR count). The Balaban J connectivity index is 1.86. The lowest BCUT2D eigenvalue weighted by Gasteiger charge is -2.10. The SMILES string of the molecule is O=C(O)/C=C/c1ccc(Nc2ccnc3cc(Cl)ccc23)cc1. The quantitative estimate of drug-likeness (QED) is 0.681. The summed E-state index contributed by atoms with van der Waals surface area (Å²) in [5, 5.41) is 13.6. The zero-order valence-corrected chi connectivity index (χ0v) is 12.8. The summed E-state index contributed by atoms with van der Waals surface area (Å²) < 4.78 is 0. The summed E-state index contributed by atoms with van der Waals surface area (Å²) >= 11 is 5.99. The number of aliphatic carboxylic acids is 1. The van der Waals surface area contributed by atoms with Gasteiger partial charge in [-0.3, -0.25) is 4.98 Å². The van der Waals surface area contributed by atoms with E-state index >= 15 is 0 Å². The normalized spacial score (nSPS) is 11.0. The fourth-order valence-electron chi connectivity index (χ4n) is 2.23. The number of hydrogen-bond acceptors (Lipinski definition) is 3. The fraction of sp³-hybridized carbons (Fsp3) is 0. The number of fused-ring (bicyclic) bond motifs is 1. The first-order chi connectivity index (χ1) is 11.1. The molecule has 114 valence electrons. The number of carbonyl (C=O) groups is 1. The van der Waals surface area contributed by atoms with Gasteiger partial charge in [-0.1, -0.05) is 23.7 Å². The van der Waals surface area contributed by atoms with Gasteiger partial charge in [0.25, 0.3) is 0 Å². The molecule has 1 aromatic heterocycles. The Morgan fingerprint density at radius 2 is 1.91 bits per heavy atom. The smallest absolute Gasteiger partial charge is 0.328 e. The maximum atomic E-state index is 10.5. The monoisotopic (exact) mass is 324 g/mol. The molecule has 0 radical (unpaired) electrons. The molecule has 0 saturated heterocycles. The van der Waals surface area contributed by atoms with Crippen molar-refractivity contribution in [1.29, 1.82) is 0 Å². The Hall–Kier alpha value is -2.85. The van der Waals surface area contributed by atoms with E-state index in [-0.39, 0.29) is 0 Å². The number of carboxylic acid groups (broad SMARTS) is 1. The molecule has 5 heteroatoms. The Morgan fingerprint density at radius 3 is 2.65 bits per heavy atom. The second-order valence-electron chi connectivity index (χ2n) is 4.94. The van der Waals surface area contributed by atoms with Crippen molar-refractivity contribution in [2.24, 2.45) is 0 Å². The van der Waals surface area contributed by atoms with Crippen LogP contribution in [0.4, 0.5) is 11.4 Å². The molecule has 23 heavy (non-hydrogen) atoms. The zero-order valence-electron chi connectivity index (χ0n) is 12.0. The van der Waals surface area contributed by atoms with Crippen molar-refractivity contribution in [3.8, 4) is 0 Å². The number of rotatable bonds is 4. The Morgan fingerprint density at radius 1 is 1.13 bits per heavy atom. The van der Waals surface area contributed by atoms with Gasteiger partial charge in [-0.25, -0.2) is 4.79 Å². The van der Waals surface area contributed by atoms with Gasteiger partial charge in [-0.05, 0) is 48.0 Å². The van der Waals surface area contributed by atoms with Crippen LogP contribution in [0.1, 0.15) is 5.56 Å². The lowest BCUT2D eigenvalue weighted by molar-refractivity contribution is -0.131. The number of carboxylic acids is 1. The van der Waals surface area contributed by atoms with E-state index in [1.54, 1.807) is 12.3 Å². The predicted molar refractivity (Wildman–Crippen MR) is 93.1 cm³/mol. The highest BCUT2D eigenvalue weighted by Crippen LogP contribution is 2.27. The predicted octanol–water partition coefficient (Wildman–Crippen LogP) is 4.73. The summed E-state index contributed by atoms with van der Waals surface area (Å²) in [5.41, 5.74) is 3.48. The molecule has 1 heterocycles. The summed E-state index contributed by atoms with van der Waals surface area (Å²) in [6.45, 7) is 0. The first-order valence-electron chi connectivity index (χ1n) is 6.94. The third kappa shape index (κ3) is 3.67. The molecule has 2 aromatic carbocycles. The van der Waals surface area contributed by atoms with Crippen LogP contribution in [-0.4, -0.2) is 16.1 Å². The number of anilines is 2. The van der Waals surface area contributed by atoms with E-state index in [4.69, 9.17) is 16.7 Å². The lowest BCUT2D eigenvalue weighted by atomic mass is 10.1. The van der Waals surface area contributed by atoms with Gasteiger partial charge in [0.2, 0.25) is 0 Å². The van der Waals surface area contributed by atoms with Crippen LogP contribution < -0.4 is 5.32 Å².